The van der Waals surface area contributed by atoms with Crippen LogP contribution in [-0.4, -0.2) is 55.0 Å². The van der Waals surface area contributed by atoms with E-state index in [1.165, 1.54) is 0 Å². The first kappa shape index (κ1) is 15.5. The maximum Gasteiger partial charge on any atom is 0.163 e. The highest BCUT2D eigenvalue weighted by molar-refractivity contribution is 5.56. The van der Waals surface area contributed by atoms with Crippen LogP contribution in [0, 0.1) is 0 Å². The van der Waals surface area contributed by atoms with Crippen LogP contribution in [0.3, 0.4) is 0 Å². The predicted molar refractivity (Wildman–Crippen MR) is 63.0 cm³/mol. The van der Waals surface area contributed by atoms with Crippen molar-refractivity contribution >= 4 is 6.29 Å². The number of hydrogen-bond acceptors (Lipinski definition) is 6. The summed E-state index contributed by atoms with van der Waals surface area (Å²) in [6.45, 7) is 8.18. The highest BCUT2D eigenvalue weighted by Gasteiger charge is 2.32. The van der Waals surface area contributed by atoms with E-state index in [0.29, 0.717) is 13.2 Å². The standard InChI is InChI=1S/C6H12O3.C6H10O3/c2*1-6(2)8-4-5(3-7)9-6/h5,7H,3-4H2,1-2H3;3,5H,4H2,1-2H3/t2*5-/m00/s1. The normalized spacial score (nSPS) is 32.7. The largest absolute Gasteiger partial charge is 0.394 e. The van der Waals surface area contributed by atoms with Crippen molar-refractivity contribution in [2.45, 2.75) is 51.5 Å². The molecule has 2 heterocycles. The Morgan fingerprint density at radius 1 is 1.11 bits per heavy atom. The van der Waals surface area contributed by atoms with E-state index in [-0.39, 0.29) is 18.8 Å². The summed E-state index contributed by atoms with van der Waals surface area (Å²) in [5.74, 6) is -1.06. The third kappa shape index (κ3) is 4.99. The Balaban J connectivity index is 0.000000180. The smallest absolute Gasteiger partial charge is 0.163 e. The van der Waals surface area contributed by atoms with E-state index >= 15 is 0 Å². The van der Waals surface area contributed by atoms with Gasteiger partial charge in [-0.15, -0.1) is 0 Å². The summed E-state index contributed by atoms with van der Waals surface area (Å²) in [6.07, 6.45) is 0.273. The van der Waals surface area contributed by atoms with E-state index < -0.39 is 11.6 Å². The van der Waals surface area contributed by atoms with E-state index in [2.05, 4.69) is 0 Å². The number of carbonyl (C=O) groups excluding carboxylic acids is 1. The lowest BCUT2D eigenvalue weighted by atomic mass is 10.4. The van der Waals surface area contributed by atoms with Crippen molar-refractivity contribution in [1.82, 2.24) is 0 Å². The van der Waals surface area contributed by atoms with Gasteiger partial charge in [0, 0.05) is 0 Å². The Hall–Kier alpha value is -0.530. The third-order valence-corrected chi connectivity index (χ3v) is 2.45. The van der Waals surface area contributed by atoms with Crippen molar-refractivity contribution in [1.29, 1.82) is 0 Å². The van der Waals surface area contributed by atoms with Gasteiger partial charge >= 0.3 is 0 Å². The van der Waals surface area contributed by atoms with Gasteiger partial charge in [0.25, 0.3) is 0 Å². The summed E-state index contributed by atoms with van der Waals surface area (Å²) in [7, 11) is 0. The van der Waals surface area contributed by atoms with Gasteiger partial charge in [0.15, 0.2) is 17.9 Å². The highest BCUT2D eigenvalue weighted by atomic mass is 16.7. The molecule has 18 heavy (non-hydrogen) atoms. The van der Waals surface area contributed by atoms with Crippen molar-refractivity contribution in [3.8, 4) is 0 Å². The van der Waals surface area contributed by atoms with Gasteiger partial charge in [-0.05, 0) is 27.7 Å². The van der Waals surface area contributed by atoms with Gasteiger partial charge in [-0.2, -0.15) is 0 Å². The van der Waals surface area contributed by atoms with Crippen molar-refractivity contribution in [3.05, 3.63) is 0 Å². The maximum absolute atomic E-state index is 10.1. The molecule has 0 aromatic rings. The molecule has 0 amide bonds. The molecule has 2 rings (SSSR count). The molecular weight excluding hydrogens is 240 g/mol. The van der Waals surface area contributed by atoms with E-state index in [0.717, 1.165) is 6.29 Å². The van der Waals surface area contributed by atoms with Crippen LogP contribution in [-0.2, 0) is 23.7 Å². The fourth-order valence-electron chi connectivity index (χ4n) is 1.64. The van der Waals surface area contributed by atoms with Crippen LogP contribution in [0.2, 0.25) is 0 Å². The summed E-state index contributed by atoms with van der Waals surface area (Å²) < 4.78 is 20.6. The van der Waals surface area contributed by atoms with Gasteiger partial charge in [0.2, 0.25) is 0 Å². The summed E-state index contributed by atoms with van der Waals surface area (Å²) >= 11 is 0. The minimum absolute atomic E-state index is 0.0451. The number of aliphatic hydroxyl groups excluding tert-OH is 1. The van der Waals surface area contributed by atoms with Crippen LogP contribution in [0.25, 0.3) is 0 Å². The predicted octanol–water partition coefficient (Wildman–Crippen LogP) is 0.467. The molecule has 6 nitrogen and oxygen atoms in total. The summed E-state index contributed by atoms with van der Waals surface area (Å²) in [5.41, 5.74) is 0. The molecule has 6 heteroatoms. The SMILES string of the molecule is CC1(C)OC[C@H](C=O)O1.CC1(C)OC[C@H](CO)O1. The van der Waals surface area contributed by atoms with Gasteiger partial charge in [-0.25, -0.2) is 0 Å². The lowest BCUT2D eigenvalue weighted by Gasteiger charge is -2.15. The molecule has 2 saturated heterocycles. The minimum atomic E-state index is -0.564. The zero-order valence-corrected chi connectivity index (χ0v) is 11.3. The molecule has 0 saturated carbocycles. The first-order valence-electron chi connectivity index (χ1n) is 5.98. The fraction of sp³-hybridized carbons (Fsp3) is 0.917. The Labute approximate surface area is 107 Å². The molecule has 0 aliphatic carbocycles. The highest BCUT2D eigenvalue weighted by Crippen LogP contribution is 2.21. The molecule has 0 spiro atoms. The average molecular weight is 262 g/mol. The van der Waals surface area contributed by atoms with E-state index in [9.17, 15) is 4.79 Å². The first-order valence-corrected chi connectivity index (χ1v) is 5.98. The van der Waals surface area contributed by atoms with E-state index in [4.69, 9.17) is 24.1 Å². The monoisotopic (exact) mass is 262 g/mol. The molecule has 2 aliphatic rings. The molecule has 0 aromatic heterocycles. The van der Waals surface area contributed by atoms with Gasteiger partial charge < -0.3 is 28.8 Å². The number of rotatable bonds is 2. The molecule has 0 aromatic carbocycles. The van der Waals surface area contributed by atoms with Crippen LogP contribution in [0.1, 0.15) is 27.7 Å². The average Bonchev–Trinajstić information content (AvgIpc) is 2.81. The van der Waals surface area contributed by atoms with Crippen molar-refractivity contribution in [2.24, 2.45) is 0 Å². The first-order chi connectivity index (χ1) is 8.28. The number of hydrogen-bond donors (Lipinski definition) is 1. The van der Waals surface area contributed by atoms with E-state index in [1.54, 1.807) is 13.8 Å². The van der Waals surface area contributed by atoms with Crippen molar-refractivity contribution < 1.29 is 28.8 Å². The summed E-state index contributed by atoms with van der Waals surface area (Å²) in [6, 6.07) is 0. The van der Waals surface area contributed by atoms with Crippen LogP contribution < -0.4 is 0 Å². The second kappa shape index (κ2) is 6.08. The van der Waals surface area contributed by atoms with Crippen LogP contribution in [0.15, 0.2) is 0 Å². The molecular formula is C12H22O6. The molecule has 1 N–H and O–H groups in total. The molecule has 2 fully saturated rings. The third-order valence-electron chi connectivity index (χ3n) is 2.45. The number of aliphatic hydroxyl groups is 1. The van der Waals surface area contributed by atoms with Gasteiger partial charge in [-0.3, -0.25) is 0 Å². The summed E-state index contributed by atoms with van der Waals surface area (Å²) in [4.78, 5) is 10.1. The Morgan fingerprint density at radius 3 is 1.89 bits per heavy atom. The molecule has 0 bridgehead atoms. The topological polar surface area (TPSA) is 74.2 Å². The fourth-order valence-corrected chi connectivity index (χ4v) is 1.64. The van der Waals surface area contributed by atoms with Crippen molar-refractivity contribution in [2.75, 3.05) is 19.8 Å². The number of ether oxygens (including phenoxy) is 4. The van der Waals surface area contributed by atoms with Gasteiger partial charge in [0.1, 0.15) is 12.2 Å². The Morgan fingerprint density at radius 2 is 1.67 bits per heavy atom. The van der Waals surface area contributed by atoms with Gasteiger partial charge in [-0.1, -0.05) is 0 Å². The molecule has 106 valence electrons. The maximum atomic E-state index is 10.1. The zero-order chi connectivity index (χ0) is 13.8. The second-order valence-corrected chi connectivity index (χ2v) is 5.14. The Kier molecular flexibility index (Phi) is 5.24. The van der Waals surface area contributed by atoms with Gasteiger partial charge in [0.05, 0.1) is 19.8 Å². The lowest BCUT2D eigenvalue weighted by Crippen LogP contribution is -2.22. The molecule has 0 radical (unpaired) electrons. The number of carbonyl (C=O) groups is 1. The molecule has 0 unspecified atom stereocenters. The van der Waals surface area contributed by atoms with Crippen LogP contribution in [0.5, 0.6) is 0 Å². The lowest BCUT2D eigenvalue weighted by molar-refractivity contribution is -0.145. The van der Waals surface area contributed by atoms with Crippen molar-refractivity contribution in [3.63, 3.8) is 0 Å². The van der Waals surface area contributed by atoms with Crippen LogP contribution >= 0.6 is 0 Å². The quantitative estimate of drug-likeness (QED) is 0.729. The van der Waals surface area contributed by atoms with Crippen LogP contribution in [0.4, 0.5) is 0 Å². The molecule has 2 atom stereocenters. The minimum Gasteiger partial charge on any atom is -0.394 e. The van der Waals surface area contributed by atoms with E-state index in [1.807, 2.05) is 13.8 Å². The zero-order valence-electron chi connectivity index (χ0n) is 11.3. The molecule has 2 aliphatic heterocycles. The Bertz CT molecular complexity index is 276. The summed E-state index contributed by atoms with van der Waals surface area (Å²) in [5, 5.41) is 8.59. The second-order valence-electron chi connectivity index (χ2n) is 5.14. The number of aldehydes is 1.